The molecular formula is C18H18N4O. The van der Waals surface area contributed by atoms with Crippen molar-refractivity contribution < 1.29 is 4.79 Å². The van der Waals surface area contributed by atoms with Crippen molar-refractivity contribution in [2.45, 2.75) is 44.6 Å². The Morgan fingerprint density at radius 1 is 1.17 bits per heavy atom. The average Bonchev–Trinajstić information content (AvgIpc) is 3.26. The van der Waals surface area contributed by atoms with Crippen LogP contribution in [0.4, 0.5) is 0 Å². The number of H-pyrrole nitrogens is 1. The fraction of sp³-hybridized carbons (Fsp3) is 0.389. The van der Waals surface area contributed by atoms with Gasteiger partial charge in [0.05, 0.1) is 17.2 Å². The second-order valence-electron chi connectivity index (χ2n) is 6.66. The molecule has 0 spiro atoms. The van der Waals surface area contributed by atoms with Gasteiger partial charge in [-0.2, -0.15) is 5.10 Å². The van der Waals surface area contributed by atoms with Crippen LogP contribution in [0.2, 0.25) is 0 Å². The van der Waals surface area contributed by atoms with E-state index >= 15 is 0 Å². The van der Waals surface area contributed by atoms with Crippen LogP contribution in [-0.4, -0.2) is 27.1 Å². The Labute approximate surface area is 133 Å². The summed E-state index contributed by atoms with van der Waals surface area (Å²) in [5, 5.41) is 12.6. The van der Waals surface area contributed by atoms with Crippen molar-refractivity contribution in [2.75, 3.05) is 0 Å². The highest BCUT2D eigenvalue weighted by atomic mass is 16.2. The van der Waals surface area contributed by atoms with Gasteiger partial charge < -0.3 is 5.32 Å². The molecule has 5 rings (SSSR count). The van der Waals surface area contributed by atoms with Crippen molar-refractivity contribution in [1.82, 2.24) is 20.5 Å². The Hall–Kier alpha value is -2.43. The lowest BCUT2D eigenvalue weighted by Gasteiger charge is -2.21. The third-order valence-corrected chi connectivity index (χ3v) is 5.02. The second-order valence-corrected chi connectivity index (χ2v) is 6.66. The van der Waals surface area contributed by atoms with Gasteiger partial charge in [-0.1, -0.05) is 0 Å². The Balaban J connectivity index is 1.78. The molecule has 1 amide bonds. The largest absolute Gasteiger partial charge is 0.348 e. The number of nitrogens with one attached hydrogen (secondary N) is 2. The molecule has 0 bridgehead atoms. The predicted molar refractivity (Wildman–Crippen MR) is 88.5 cm³/mol. The normalized spacial score (nSPS) is 17.4. The molecular weight excluding hydrogens is 288 g/mol. The minimum absolute atomic E-state index is 0.000148. The SMILES string of the molecule is O=C(NC1CC1)c1nc2ccc3[nH]ncc3c2c2c1CCCC2. The van der Waals surface area contributed by atoms with E-state index in [4.69, 9.17) is 4.98 Å². The van der Waals surface area contributed by atoms with Gasteiger partial charge in [0, 0.05) is 16.8 Å². The highest BCUT2D eigenvalue weighted by molar-refractivity contribution is 6.09. The molecule has 3 aromatic rings. The minimum Gasteiger partial charge on any atom is -0.348 e. The Morgan fingerprint density at radius 3 is 2.83 bits per heavy atom. The van der Waals surface area contributed by atoms with E-state index in [0.29, 0.717) is 11.7 Å². The lowest BCUT2D eigenvalue weighted by atomic mass is 9.87. The van der Waals surface area contributed by atoms with Gasteiger partial charge in [0.2, 0.25) is 0 Å². The number of amides is 1. The van der Waals surface area contributed by atoms with Gasteiger partial charge >= 0.3 is 0 Å². The monoisotopic (exact) mass is 306 g/mol. The number of benzene rings is 1. The first-order valence-corrected chi connectivity index (χ1v) is 8.39. The molecule has 2 aliphatic carbocycles. The number of rotatable bonds is 2. The van der Waals surface area contributed by atoms with Crippen LogP contribution in [0.25, 0.3) is 21.8 Å². The van der Waals surface area contributed by atoms with Gasteiger partial charge in [0.15, 0.2) is 0 Å². The van der Waals surface area contributed by atoms with Gasteiger partial charge in [0.1, 0.15) is 5.69 Å². The number of carbonyl (C=O) groups is 1. The summed E-state index contributed by atoms with van der Waals surface area (Å²) in [5.41, 5.74) is 5.02. The highest BCUT2D eigenvalue weighted by Gasteiger charge is 2.28. The summed E-state index contributed by atoms with van der Waals surface area (Å²) < 4.78 is 0. The number of fused-ring (bicyclic) bond motifs is 5. The molecule has 1 fully saturated rings. The van der Waals surface area contributed by atoms with Crippen LogP contribution < -0.4 is 5.32 Å². The second kappa shape index (κ2) is 4.78. The fourth-order valence-electron chi connectivity index (χ4n) is 3.72. The third kappa shape index (κ3) is 2.03. The standard InChI is InChI=1S/C18H18N4O/c23-18(20-10-5-6-10)17-12-4-2-1-3-11(12)16-13-9-19-22-14(13)7-8-15(16)21-17/h7-10H,1-6H2,(H,19,22)(H,20,23). The van der Waals surface area contributed by atoms with E-state index < -0.39 is 0 Å². The van der Waals surface area contributed by atoms with Crippen LogP contribution in [0.5, 0.6) is 0 Å². The summed E-state index contributed by atoms with van der Waals surface area (Å²) in [6, 6.07) is 4.35. The van der Waals surface area contributed by atoms with Gasteiger partial charge in [-0.15, -0.1) is 0 Å². The van der Waals surface area contributed by atoms with Crippen LogP contribution in [0, 0.1) is 0 Å². The Morgan fingerprint density at radius 2 is 2.00 bits per heavy atom. The number of aryl methyl sites for hydroxylation is 1. The van der Waals surface area contributed by atoms with Crippen molar-refractivity contribution in [3.63, 3.8) is 0 Å². The van der Waals surface area contributed by atoms with Crippen molar-refractivity contribution in [3.05, 3.63) is 35.2 Å². The molecule has 0 unspecified atom stereocenters. The number of aromatic amines is 1. The average molecular weight is 306 g/mol. The van der Waals surface area contributed by atoms with Crippen molar-refractivity contribution in [1.29, 1.82) is 0 Å². The van der Waals surface area contributed by atoms with Crippen LogP contribution in [0.3, 0.4) is 0 Å². The molecule has 5 nitrogen and oxygen atoms in total. The van der Waals surface area contributed by atoms with E-state index in [1.807, 2.05) is 18.3 Å². The first-order valence-electron chi connectivity index (χ1n) is 8.39. The van der Waals surface area contributed by atoms with E-state index in [-0.39, 0.29) is 5.91 Å². The minimum atomic E-state index is -0.000148. The molecule has 5 heteroatoms. The van der Waals surface area contributed by atoms with E-state index in [9.17, 15) is 4.79 Å². The number of hydrogen-bond acceptors (Lipinski definition) is 3. The summed E-state index contributed by atoms with van der Waals surface area (Å²) in [7, 11) is 0. The maximum Gasteiger partial charge on any atom is 0.270 e. The summed E-state index contributed by atoms with van der Waals surface area (Å²) >= 11 is 0. The van der Waals surface area contributed by atoms with Crippen molar-refractivity contribution in [2.24, 2.45) is 0 Å². The van der Waals surface area contributed by atoms with E-state index in [1.54, 1.807) is 0 Å². The van der Waals surface area contributed by atoms with Gasteiger partial charge in [-0.25, -0.2) is 4.98 Å². The fourth-order valence-corrected chi connectivity index (χ4v) is 3.72. The molecule has 2 heterocycles. The van der Waals surface area contributed by atoms with Gasteiger partial charge in [-0.05, 0) is 61.8 Å². The molecule has 0 saturated heterocycles. The summed E-state index contributed by atoms with van der Waals surface area (Å²) in [6.45, 7) is 0. The quantitative estimate of drug-likeness (QED) is 0.765. The molecule has 23 heavy (non-hydrogen) atoms. The Kier molecular flexibility index (Phi) is 2.71. The summed E-state index contributed by atoms with van der Waals surface area (Å²) in [4.78, 5) is 17.4. The van der Waals surface area contributed by atoms with E-state index in [0.717, 1.165) is 54.1 Å². The van der Waals surface area contributed by atoms with Gasteiger partial charge in [-0.3, -0.25) is 9.89 Å². The molecule has 2 aromatic heterocycles. The summed E-state index contributed by atoms with van der Waals surface area (Å²) in [5.74, 6) is -0.000148. The topological polar surface area (TPSA) is 70.7 Å². The molecule has 116 valence electrons. The number of hydrogen-bond donors (Lipinski definition) is 2. The molecule has 0 aliphatic heterocycles. The number of carbonyl (C=O) groups excluding carboxylic acids is 1. The van der Waals surface area contributed by atoms with Crippen LogP contribution in [0.15, 0.2) is 18.3 Å². The lowest BCUT2D eigenvalue weighted by Crippen LogP contribution is -2.28. The summed E-state index contributed by atoms with van der Waals surface area (Å²) in [6.07, 6.45) is 8.32. The van der Waals surface area contributed by atoms with E-state index in [2.05, 4.69) is 15.5 Å². The van der Waals surface area contributed by atoms with Crippen LogP contribution in [0.1, 0.15) is 47.3 Å². The smallest absolute Gasteiger partial charge is 0.270 e. The first kappa shape index (κ1) is 13.0. The van der Waals surface area contributed by atoms with Crippen molar-refractivity contribution >= 4 is 27.7 Å². The molecule has 0 atom stereocenters. The third-order valence-electron chi connectivity index (χ3n) is 5.02. The maximum absolute atomic E-state index is 12.6. The van der Waals surface area contributed by atoms with Crippen molar-refractivity contribution in [3.8, 4) is 0 Å². The van der Waals surface area contributed by atoms with Gasteiger partial charge in [0.25, 0.3) is 5.91 Å². The molecule has 0 radical (unpaired) electrons. The molecule has 1 aromatic carbocycles. The molecule has 2 N–H and O–H groups in total. The Bertz CT molecular complexity index is 939. The molecule has 1 saturated carbocycles. The maximum atomic E-state index is 12.6. The highest BCUT2D eigenvalue weighted by Crippen LogP contribution is 2.34. The molecule has 2 aliphatic rings. The number of pyridine rings is 1. The number of nitrogens with zero attached hydrogens (tertiary/aromatic N) is 2. The first-order chi connectivity index (χ1) is 11.3. The zero-order valence-electron chi connectivity index (χ0n) is 12.9. The van der Waals surface area contributed by atoms with Crippen LogP contribution in [-0.2, 0) is 12.8 Å². The lowest BCUT2D eigenvalue weighted by molar-refractivity contribution is 0.0945. The van der Waals surface area contributed by atoms with Crippen LogP contribution >= 0.6 is 0 Å². The number of aromatic nitrogens is 3. The zero-order chi connectivity index (χ0) is 15.4. The zero-order valence-corrected chi connectivity index (χ0v) is 12.9. The predicted octanol–water partition coefficient (Wildman–Crippen LogP) is 2.88. The van der Waals surface area contributed by atoms with E-state index in [1.165, 1.54) is 17.4 Å².